The summed E-state index contributed by atoms with van der Waals surface area (Å²) in [6.07, 6.45) is -0.327. The Balaban J connectivity index is 1.74. The van der Waals surface area contributed by atoms with Crippen LogP contribution in [0.2, 0.25) is 0 Å². The number of hydrogen-bond donors (Lipinski definition) is 2. The van der Waals surface area contributed by atoms with E-state index >= 15 is 0 Å². The molecule has 0 unspecified atom stereocenters. The molecule has 3 aromatic rings. The Morgan fingerprint density at radius 2 is 1.62 bits per heavy atom. The third kappa shape index (κ3) is 6.32. The molecule has 5 nitrogen and oxygen atoms in total. The van der Waals surface area contributed by atoms with Crippen LogP contribution in [0.25, 0.3) is 0 Å². The Hall–Kier alpha value is -2.87. The topological polar surface area (TPSA) is 67.4 Å². The fourth-order valence-electron chi connectivity index (χ4n) is 2.81. The van der Waals surface area contributed by atoms with Crippen molar-refractivity contribution in [2.45, 2.75) is 19.4 Å². The lowest BCUT2D eigenvalue weighted by Gasteiger charge is -2.19. The summed E-state index contributed by atoms with van der Waals surface area (Å²) in [5, 5.41) is 5.60. The van der Waals surface area contributed by atoms with Crippen molar-refractivity contribution in [2.24, 2.45) is 0 Å². The number of benzene rings is 3. The highest BCUT2D eigenvalue weighted by molar-refractivity contribution is 14.1. The van der Waals surface area contributed by atoms with E-state index in [0.717, 1.165) is 14.7 Å². The van der Waals surface area contributed by atoms with E-state index in [1.165, 1.54) is 0 Å². The second-order valence-corrected chi connectivity index (χ2v) is 7.78. The van der Waals surface area contributed by atoms with Crippen molar-refractivity contribution in [1.82, 2.24) is 5.32 Å². The molecule has 0 radical (unpaired) electrons. The van der Waals surface area contributed by atoms with Gasteiger partial charge in [0.1, 0.15) is 11.8 Å². The van der Waals surface area contributed by atoms with Crippen molar-refractivity contribution in [3.63, 3.8) is 0 Å². The van der Waals surface area contributed by atoms with Gasteiger partial charge in [-0.05, 0) is 71.0 Å². The van der Waals surface area contributed by atoms with Crippen molar-refractivity contribution < 1.29 is 14.3 Å². The van der Waals surface area contributed by atoms with Gasteiger partial charge in [0.05, 0.1) is 0 Å². The first-order chi connectivity index (χ1) is 14.0. The summed E-state index contributed by atoms with van der Waals surface area (Å²) in [6.45, 7) is 1.93. The van der Waals surface area contributed by atoms with E-state index in [9.17, 15) is 9.59 Å². The number of ether oxygens (including phenoxy) is 1. The van der Waals surface area contributed by atoms with Crippen LogP contribution in [0.4, 0.5) is 10.5 Å². The fraction of sp³-hybridized carbons (Fsp3) is 0.130. The standard InChI is InChI=1S/C23H21IN2O3/c1-16-14-18(24)12-13-20(16)25-22(27)21(15-17-8-4-2-5-9-17)26-23(28)29-19-10-6-3-7-11-19/h2-14,21H,15H2,1H3,(H,25,27)(H,26,28)/t21-/m0/s1. The first-order valence-corrected chi connectivity index (χ1v) is 10.2. The molecule has 3 aromatic carbocycles. The fourth-order valence-corrected chi connectivity index (χ4v) is 3.46. The van der Waals surface area contributed by atoms with Gasteiger partial charge in [-0.3, -0.25) is 4.79 Å². The molecular weight excluding hydrogens is 479 g/mol. The van der Waals surface area contributed by atoms with Gasteiger partial charge in [-0.25, -0.2) is 4.79 Å². The van der Waals surface area contributed by atoms with Crippen LogP contribution < -0.4 is 15.4 Å². The molecule has 29 heavy (non-hydrogen) atoms. The number of para-hydroxylation sites is 1. The van der Waals surface area contributed by atoms with Crippen LogP contribution in [-0.4, -0.2) is 18.0 Å². The molecule has 2 N–H and O–H groups in total. The number of carbonyl (C=O) groups is 2. The third-order valence-electron chi connectivity index (χ3n) is 4.29. The Bertz CT molecular complexity index is 978. The molecule has 0 fully saturated rings. The number of amides is 2. The predicted octanol–water partition coefficient (Wildman–Crippen LogP) is 4.94. The summed E-state index contributed by atoms with van der Waals surface area (Å²) >= 11 is 2.22. The molecule has 0 aliphatic carbocycles. The third-order valence-corrected chi connectivity index (χ3v) is 4.96. The van der Waals surface area contributed by atoms with Crippen LogP contribution in [-0.2, 0) is 11.2 Å². The average Bonchev–Trinajstić information content (AvgIpc) is 2.71. The number of anilines is 1. The molecule has 148 valence electrons. The largest absolute Gasteiger partial charge is 0.413 e. The summed E-state index contributed by atoms with van der Waals surface area (Å²) in [6, 6.07) is 23.3. The molecule has 0 heterocycles. The minimum atomic E-state index is -0.785. The molecule has 6 heteroatoms. The van der Waals surface area contributed by atoms with Crippen molar-refractivity contribution in [3.05, 3.63) is 93.6 Å². The molecule has 0 saturated heterocycles. The number of halogens is 1. The van der Waals surface area contributed by atoms with Crippen LogP contribution >= 0.6 is 22.6 Å². The number of aryl methyl sites for hydroxylation is 1. The molecule has 0 bridgehead atoms. The molecular formula is C23H21IN2O3. The molecule has 3 rings (SSSR count). The van der Waals surface area contributed by atoms with Crippen LogP contribution in [0.15, 0.2) is 78.9 Å². The number of carbonyl (C=O) groups excluding carboxylic acids is 2. The summed E-state index contributed by atoms with van der Waals surface area (Å²) in [5.74, 6) is 0.112. The summed E-state index contributed by atoms with van der Waals surface area (Å²) < 4.78 is 6.38. The van der Waals surface area contributed by atoms with Gasteiger partial charge in [0.15, 0.2) is 0 Å². The number of hydrogen-bond acceptors (Lipinski definition) is 3. The van der Waals surface area contributed by atoms with Gasteiger partial charge in [0.2, 0.25) is 5.91 Å². The van der Waals surface area contributed by atoms with Gasteiger partial charge in [-0.2, -0.15) is 0 Å². The quantitative estimate of drug-likeness (QED) is 0.472. The van der Waals surface area contributed by atoms with Gasteiger partial charge in [-0.1, -0.05) is 48.5 Å². The van der Waals surface area contributed by atoms with Crippen LogP contribution in [0.5, 0.6) is 5.75 Å². The zero-order chi connectivity index (χ0) is 20.6. The molecule has 0 aliphatic rings. The second kappa shape index (κ2) is 10.1. The monoisotopic (exact) mass is 500 g/mol. The highest BCUT2D eigenvalue weighted by Gasteiger charge is 2.23. The summed E-state index contributed by atoms with van der Waals surface area (Å²) in [5.41, 5.74) is 2.61. The maximum absolute atomic E-state index is 13.0. The predicted molar refractivity (Wildman–Crippen MR) is 122 cm³/mol. The van der Waals surface area contributed by atoms with Crippen LogP contribution in [0.3, 0.4) is 0 Å². The van der Waals surface area contributed by atoms with Crippen LogP contribution in [0.1, 0.15) is 11.1 Å². The highest BCUT2D eigenvalue weighted by Crippen LogP contribution is 2.18. The van der Waals surface area contributed by atoms with Crippen molar-refractivity contribution >= 4 is 40.3 Å². The molecule has 0 spiro atoms. The van der Waals surface area contributed by atoms with Crippen LogP contribution in [0, 0.1) is 10.5 Å². The minimum Gasteiger partial charge on any atom is -0.410 e. The Morgan fingerprint density at radius 3 is 2.28 bits per heavy atom. The molecule has 0 saturated carbocycles. The summed E-state index contributed by atoms with van der Waals surface area (Å²) in [7, 11) is 0. The minimum absolute atomic E-state index is 0.303. The van der Waals surface area contributed by atoms with E-state index in [-0.39, 0.29) is 5.91 Å². The van der Waals surface area contributed by atoms with E-state index in [1.54, 1.807) is 24.3 Å². The smallest absolute Gasteiger partial charge is 0.410 e. The first kappa shape index (κ1) is 20.9. The average molecular weight is 500 g/mol. The van der Waals surface area contributed by atoms with Crippen molar-refractivity contribution in [2.75, 3.05) is 5.32 Å². The molecule has 0 aliphatic heterocycles. The van der Waals surface area contributed by atoms with E-state index in [1.807, 2.05) is 61.5 Å². The maximum atomic E-state index is 13.0. The molecule has 2 amide bonds. The molecule has 1 atom stereocenters. The Morgan fingerprint density at radius 1 is 0.966 bits per heavy atom. The van der Waals surface area contributed by atoms with Gasteiger partial charge in [0, 0.05) is 15.7 Å². The SMILES string of the molecule is Cc1cc(I)ccc1NC(=O)[C@H](Cc1ccccc1)NC(=O)Oc1ccccc1. The highest BCUT2D eigenvalue weighted by atomic mass is 127. The summed E-state index contributed by atoms with van der Waals surface area (Å²) in [4.78, 5) is 25.3. The zero-order valence-electron chi connectivity index (χ0n) is 15.9. The van der Waals surface area contributed by atoms with E-state index < -0.39 is 12.1 Å². The van der Waals surface area contributed by atoms with Gasteiger partial charge in [-0.15, -0.1) is 0 Å². The Labute approximate surface area is 183 Å². The van der Waals surface area contributed by atoms with E-state index in [0.29, 0.717) is 17.9 Å². The Kier molecular flexibility index (Phi) is 7.24. The van der Waals surface area contributed by atoms with Gasteiger partial charge >= 0.3 is 6.09 Å². The van der Waals surface area contributed by atoms with Crippen molar-refractivity contribution in [1.29, 1.82) is 0 Å². The number of rotatable bonds is 6. The van der Waals surface area contributed by atoms with Gasteiger partial charge in [0.25, 0.3) is 0 Å². The second-order valence-electron chi connectivity index (χ2n) is 6.54. The van der Waals surface area contributed by atoms with E-state index in [2.05, 4.69) is 33.2 Å². The van der Waals surface area contributed by atoms with Crippen molar-refractivity contribution in [3.8, 4) is 5.75 Å². The molecule has 0 aromatic heterocycles. The maximum Gasteiger partial charge on any atom is 0.413 e. The van der Waals surface area contributed by atoms with E-state index in [4.69, 9.17) is 4.74 Å². The lowest BCUT2D eigenvalue weighted by atomic mass is 10.0. The normalized spacial score (nSPS) is 11.4. The first-order valence-electron chi connectivity index (χ1n) is 9.15. The lowest BCUT2D eigenvalue weighted by molar-refractivity contribution is -0.118. The zero-order valence-corrected chi connectivity index (χ0v) is 18.1. The lowest BCUT2D eigenvalue weighted by Crippen LogP contribution is -2.46. The van der Waals surface area contributed by atoms with Gasteiger partial charge < -0.3 is 15.4 Å². The number of nitrogens with one attached hydrogen (secondary N) is 2.